The molecule has 0 bridgehead atoms. The SMILES string of the molecule is CC(C)C1CCC1.CCCC. The van der Waals surface area contributed by atoms with Gasteiger partial charge in [0, 0.05) is 0 Å². The van der Waals surface area contributed by atoms with E-state index in [1.165, 1.54) is 32.1 Å². The monoisotopic (exact) mass is 156 g/mol. The highest BCUT2D eigenvalue weighted by Gasteiger charge is 2.19. The molecule has 0 atom stereocenters. The minimum Gasteiger partial charge on any atom is -0.0654 e. The molecular formula is C11H24. The Labute approximate surface area is 72.4 Å². The van der Waals surface area contributed by atoms with Crippen molar-refractivity contribution in [2.45, 2.75) is 59.8 Å². The Morgan fingerprint density at radius 3 is 1.55 bits per heavy atom. The zero-order valence-corrected chi connectivity index (χ0v) is 8.69. The minimum absolute atomic E-state index is 0.953. The Balaban J connectivity index is 0.000000218. The van der Waals surface area contributed by atoms with Gasteiger partial charge in [0.15, 0.2) is 0 Å². The molecule has 0 unspecified atom stereocenters. The predicted molar refractivity (Wildman–Crippen MR) is 52.8 cm³/mol. The third kappa shape index (κ3) is 5.29. The van der Waals surface area contributed by atoms with E-state index in [0.717, 1.165) is 11.8 Å². The average molecular weight is 156 g/mol. The van der Waals surface area contributed by atoms with Crippen molar-refractivity contribution in [3.63, 3.8) is 0 Å². The molecule has 1 rings (SSSR count). The fourth-order valence-electron chi connectivity index (χ4n) is 1.11. The zero-order valence-electron chi connectivity index (χ0n) is 8.69. The summed E-state index contributed by atoms with van der Waals surface area (Å²) < 4.78 is 0. The lowest BCUT2D eigenvalue weighted by Crippen LogP contribution is -2.16. The highest BCUT2D eigenvalue weighted by atomic mass is 14.3. The number of rotatable bonds is 2. The summed E-state index contributed by atoms with van der Waals surface area (Å²) in [6, 6.07) is 0. The topological polar surface area (TPSA) is 0 Å². The summed E-state index contributed by atoms with van der Waals surface area (Å²) in [5.41, 5.74) is 0. The lowest BCUT2D eigenvalue weighted by Gasteiger charge is -2.28. The molecule has 0 N–H and O–H groups in total. The van der Waals surface area contributed by atoms with Gasteiger partial charge in [-0.25, -0.2) is 0 Å². The minimum atomic E-state index is 0.953. The van der Waals surface area contributed by atoms with Crippen LogP contribution in [0, 0.1) is 11.8 Å². The van der Waals surface area contributed by atoms with Crippen molar-refractivity contribution in [3.05, 3.63) is 0 Å². The van der Waals surface area contributed by atoms with Crippen LogP contribution in [-0.4, -0.2) is 0 Å². The highest BCUT2D eigenvalue weighted by molar-refractivity contribution is 4.71. The molecule has 0 aromatic heterocycles. The molecular weight excluding hydrogens is 132 g/mol. The molecule has 0 aromatic rings. The van der Waals surface area contributed by atoms with Crippen LogP contribution >= 0.6 is 0 Å². The van der Waals surface area contributed by atoms with Crippen molar-refractivity contribution in [1.29, 1.82) is 0 Å². The van der Waals surface area contributed by atoms with Crippen LogP contribution in [0.25, 0.3) is 0 Å². The first-order valence-electron chi connectivity index (χ1n) is 5.22. The van der Waals surface area contributed by atoms with Crippen LogP contribution in [-0.2, 0) is 0 Å². The summed E-state index contributed by atoms with van der Waals surface area (Å²) in [5, 5.41) is 0. The highest BCUT2D eigenvalue weighted by Crippen LogP contribution is 2.32. The molecule has 1 fully saturated rings. The van der Waals surface area contributed by atoms with E-state index >= 15 is 0 Å². The first kappa shape index (κ1) is 11.0. The molecule has 0 heteroatoms. The van der Waals surface area contributed by atoms with Crippen LogP contribution in [0.1, 0.15) is 59.8 Å². The Hall–Kier alpha value is 0. The molecule has 0 heterocycles. The second-order valence-corrected chi connectivity index (χ2v) is 3.94. The van der Waals surface area contributed by atoms with Gasteiger partial charge in [-0.1, -0.05) is 59.8 Å². The van der Waals surface area contributed by atoms with Crippen molar-refractivity contribution in [1.82, 2.24) is 0 Å². The van der Waals surface area contributed by atoms with E-state index in [-0.39, 0.29) is 0 Å². The van der Waals surface area contributed by atoms with Crippen molar-refractivity contribution in [2.24, 2.45) is 11.8 Å². The summed E-state index contributed by atoms with van der Waals surface area (Å²) >= 11 is 0. The summed E-state index contributed by atoms with van der Waals surface area (Å²) in [4.78, 5) is 0. The third-order valence-electron chi connectivity index (χ3n) is 2.59. The van der Waals surface area contributed by atoms with Crippen LogP contribution in [0.4, 0.5) is 0 Å². The number of hydrogen-bond acceptors (Lipinski definition) is 0. The van der Waals surface area contributed by atoms with Gasteiger partial charge in [0.05, 0.1) is 0 Å². The van der Waals surface area contributed by atoms with E-state index in [1.807, 2.05) is 0 Å². The standard InChI is InChI=1S/C7H14.C4H10/c1-6(2)7-4-3-5-7;1-3-4-2/h6-7H,3-5H2,1-2H3;3-4H2,1-2H3. The van der Waals surface area contributed by atoms with E-state index in [2.05, 4.69) is 27.7 Å². The molecule has 68 valence electrons. The van der Waals surface area contributed by atoms with Crippen molar-refractivity contribution >= 4 is 0 Å². The second-order valence-electron chi connectivity index (χ2n) is 3.94. The van der Waals surface area contributed by atoms with Crippen molar-refractivity contribution in [3.8, 4) is 0 Å². The maximum Gasteiger partial charge on any atom is -0.0391 e. The average Bonchev–Trinajstić information content (AvgIpc) is 1.83. The van der Waals surface area contributed by atoms with Gasteiger partial charge in [-0.15, -0.1) is 0 Å². The van der Waals surface area contributed by atoms with E-state index in [0.29, 0.717) is 0 Å². The largest absolute Gasteiger partial charge is 0.0654 e. The molecule has 0 aliphatic heterocycles. The Bertz CT molecular complexity index is 68.1. The first-order chi connectivity index (χ1) is 5.22. The third-order valence-corrected chi connectivity index (χ3v) is 2.59. The quantitative estimate of drug-likeness (QED) is 0.560. The molecule has 1 aliphatic carbocycles. The molecule has 0 spiro atoms. The van der Waals surface area contributed by atoms with Gasteiger partial charge in [0.25, 0.3) is 0 Å². The van der Waals surface area contributed by atoms with Gasteiger partial charge < -0.3 is 0 Å². The van der Waals surface area contributed by atoms with Crippen LogP contribution in [0.5, 0.6) is 0 Å². The van der Waals surface area contributed by atoms with Gasteiger partial charge in [-0.05, 0) is 11.8 Å². The normalized spacial score (nSPS) is 17.2. The Morgan fingerprint density at radius 1 is 1.09 bits per heavy atom. The smallest absolute Gasteiger partial charge is 0.0391 e. The van der Waals surface area contributed by atoms with E-state index in [1.54, 1.807) is 0 Å². The molecule has 0 saturated heterocycles. The summed E-state index contributed by atoms with van der Waals surface area (Å²) in [6.07, 6.45) is 7.12. The molecule has 0 amide bonds. The summed E-state index contributed by atoms with van der Waals surface area (Å²) in [6.45, 7) is 9.01. The summed E-state index contributed by atoms with van der Waals surface area (Å²) in [5.74, 6) is 2.04. The van der Waals surface area contributed by atoms with E-state index in [4.69, 9.17) is 0 Å². The second kappa shape index (κ2) is 6.69. The fourth-order valence-corrected chi connectivity index (χ4v) is 1.11. The molecule has 0 radical (unpaired) electrons. The molecule has 1 aliphatic rings. The van der Waals surface area contributed by atoms with Gasteiger partial charge in [0.1, 0.15) is 0 Å². The Kier molecular flexibility index (Phi) is 6.69. The van der Waals surface area contributed by atoms with Crippen LogP contribution in [0.3, 0.4) is 0 Å². The molecule has 0 aromatic carbocycles. The lowest BCUT2D eigenvalue weighted by atomic mass is 9.78. The molecule has 1 saturated carbocycles. The number of unbranched alkanes of at least 4 members (excludes halogenated alkanes) is 1. The van der Waals surface area contributed by atoms with Crippen LogP contribution in [0.15, 0.2) is 0 Å². The lowest BCUT2D eigenvalue weighted by molar-refractivity contribution is 0.235. The van der Waals surface area contributed by atoms with E-state index in [9.17, 15) is 0 Å². The molecule has 11 heavy (non-hydrogen) atoms. The first-order valence-corrected chi connectivity index (χ1v) is 5.22. The fraction of sp³-hybridized carbons (Fsp3) is 1.00. The maximum atomic E-state index is 2.32. The summed E-state index contributed by atoms with van der Waals surface area (Å²) in [7, 11) is 0. The number of hydrogen-bond donors (Lipinski definition) is 0. The van der Waals surface area contributed by atoms with Gasteiger partial charge in [-0.2, -0.15) is 0 Å². The van der Waals surface area contributed by atoms with Crippen LogP contribution in [0.2, 0.25) is 0 Å². The van der Waals surface area contributed by atoms with Gasteiger partial charge >= 0.3 is 0 Å². The van der Waals surface area contributed by atoms with Gasteiger partial charge in [0.2, 0.25) is 0 Å². The van der Waals surface area contributed by atoms with Crippen molar-refractivity contribution < 1.29 is 0 Å². The van der Waals surface area contributed by atoms with Crippen LogP contribution < -0.4 is 0 Å². The van der Waals surface area contributed by atoms with Gasteiger partial charge in [-0.3, -0.25) is 0 Å². The van der Waals surface area contributed by atoms with Crippen molar-refractivity contribution in [2.75, 3.05) is 0 Å². The zero-order chi connectivity index (χ0) is 8.69. The maximum absolute atomic E-state index is 2.32. The molecule has 0 nitrogen and oxygen atoms in total. The van der Waals surface area contributed by atoms with E-state index < -0.39 is 0 Å². The predicted octanol–water partition coefficient (Wildman–Crippen LogP) is 4.25. The Morgan fingerprint density at radius 2 is 1.55 bits per heavy atom.